The molecule has 2 N–H and O–H groups in total. The molecule has 122 valence electrons. The SMILES string of the molecule is CCOC(=O)c1ccc(NC(=O)/C(C#N)=C\NCCCCl)cc1. The van der Waals surface area contributed by atoms with Crippen molar-refractivity contribution in [2.45, 2.75) is 13.3 Å². The molecule has 0 aliphatic rings. The van der Waals surface area contributed by atoms with Crippen LogP contribution in [0.4, 0.5) is 5.69 Å². The van der Waals surface area contributed by atoms with Gasteiger partial charge in [0.15, 0.2) is 0 Å². The second-order valence-corrected chi connectivity index (χ2v) is 4.80. The molecule has 7 heteroatoms. The number of esters is 1. The number of hydrogen-bond acceptors (Lipinski definition) is 5. The summed E-state index contributed by atoms with van der Waals surface area (Å²) in [7, 11) is 0. The van der Waals surface area contributed by atoms with Gasteiger partial charge in [-0.25, -0.2) is 4.79 Å². The third-order valence-electron chi connectivity index (χ3n) is 2.72. The minimum Gasteiger partial charge on any atom is -0.462 e. The zero-order chi connectivity index (χ0) is 17.1. The number of halogens is 1. The van der Waals surface area contributed by atoms with Crippen LogP contribution in [0.1, 0.15) is 23.7 Å². The van der Waals surface area contributed by atoms with E-state index in [0.717, 1.165) is 6.42 Å². The van der Waals surface area contributed by atoms with Crippen molar-refractivity contribution in [1.82, 2.24) is 5.32 Å². The maximum Gasteiger partial charge on any atom is 0.338 e. The maximum absolute atomic E-state index is 12.0. The van der Waals surface area contributed by atoms with Crippen LogP contribution in [0.15, 0.2) is 36.0 Å². The Bertz CT molecular complexity index is 606. The number of carbonyl (C=O) groups is 2. The van der Waals surface area contributed by atoms with Crippen molar-refractivity contribution in [2.24, 2.45) is 0 Å². The predicted molar refractivity (Wildman–Crippen MR) is 88.1 cm³/mol. The number of ether oxygens (including phenoxy) is 1. The summed E-state index contributed by atoms with van der Waals surface area (Å²) < 4.78 is 4.87. The Kier molecular flexibility index (Phi) is 8.25. The molecule has 0 aliphatic carbocycles. The van der Waals surface area contributed by atoms with Crippen LogP contribution >= 0.6 is 11.6 Å². The van der Waals surface area contributed by atoms with E-state index in [2.05, 4.69) is 10.6 Å². The first-order chi connectivity index (χ1) is 11.1. The van der Waals surface area contributed by atoms with Crippen LogP contribution in [-0.4, -0.2) is 30.9 Å². The maximum atomic E-state index is 12.0. The van der Waals surface area contributed by atoms with Crippen LogP contribution in [0.5, 0.6) is 0 Å². The van der Waals surface area contributed by atoms with Gasteiger partial charge in [0.25, 0.3) is 5.91 Å². The van der Waals surface area contributed by atoms with Gasteiger partial charge in [-0.3, -0.25) is 4.79 Å². The summed E-state index contributed by atoms with van der Waals surface area (Å²) in [5, 5.41) is 14.4. The number of amides is 1. The van der Waals surface area contributed by atoms with E-state index in [1.165, 1.54) is 6.20 Å². The van der Waals surface area contributed by atoms with E-state index in [1.54, 1.807) is 31.2 Å². The summed E-state index contributed by atoms with van der Waals surface area (Å²) in [6.45, 7) is 2.60. The Labute approximate surface area is 140 Å². The number of anilines is 1. The lowest BCUT2D eigenvalue weighted by molar-refractivity contribution is -0.112. The second kappa shape index (κ2) is 10.2. The Morgan fingerprint density at radius 3 is 2.61 bits per heavy atom. The van der Waals surface area contributed by atoms with Crippen molar-refractivity contribution in [3.05, 3.63) is 41.6 Å². The number of rotatable bonds is 8. The van der Waals surface area contributed by atoms with E-state index in [-0.39, 0.29) is 5.57 Å². The molecule has 6 nitrogen and oxygen atoms in total. The minimum atomic E-state index is -0.533. The van der Waals surface area contributed by atoms with E-state index >= 15 is 0 Å². The summed E-state index contributed by atoms with van der Waals surface area (Å²) in [6.07, 6.45) is 2.09. The van der Waals surface area contributed by atoms with Crippen LogP contribution in [0, 0.1) is 11.3 Å². The number of carbonyl (C=O) groups excluding carboxylic acids is 2. The normalized spacial score (nSPS) is 10.6. The second-order valence-electron chi connectivity index (χ2n) is 4.42. The molecule has 1 aromatic carbocycles. The molecule has 23 heavy (non-hydrogen) atoms. The largest absolute Gasteiger partial charge is 0.462 e. The molecular weight excluding hydrogens is 318 g/mol. The van der Waals surface area contributed by atoms with E-state index < -0.39 is 11.9 Å². The highest BCUT2D eigenvalue weighted by atomic mass is 35.5. The summed E-state index contributed by atoms with van der Waals surface area (Å²) >= 11 is 5.54. The van der Waals surface area contributed by atoms with Crippen LogP contribution in [0.3, 0.4) is 0 Å². The smallest absolute Gasteiger partial charge is 0.338 e. The molecule has 0 atom stereocenters. The summed E-state index contributed by atoms with van der Waals surface area (Å²) in [4.78, 5) is 23.5. The van der Waals surface area contributed by atoms with Gasteiger partial charge < -0.3 is 15.4 Å². The van der Waals surface area contributed by atoms with E-state index in [1.807, 2.05) is 6.07 Å². The van der Waals surface area contributed by atoms with Gasteiger partial charge in [0.05, 0.1) is 12.2 Å². The molecule has 0 unspecified atom stereocenters. The number of nitrogens with one attached hydrogen (secondary N) is 2. The van der Waals surface area contributed by atoms with Gasteiger partial charge in [-0.1, -0.05) is 0 Å². The first-order valence-electron chi connectivity index (χ1n) is 7.10. The fraction of sp³-hybridized carbons (Fsp3) is 0.312. The van der Waals surface area contributed by atoms with E-state index in [9.17, 15) is 9.59 Å². The van der Waals surface area contributed by atoms with Crippen molar-refractivity contribution in [3.63, 3.8) is 0 Å². The van der Waals surface area contributed by atoms with Crippen molar-refractivity contribution in [2.75, 3.05) is 24.3 Å². The van der Waals surface area contributed by atoms with Crippen molar-refractivity contribution < 1.29 is 14.3 Å². The van der Waals surface area contributed by atoms with Crippen molar-refractivity contribution >= 4 is 29.2 Å². The molecule has 0 spiro atoms. The molecule has 0 heterocycles. The molecule has 1 aromatic rings. The summed E-state index contributed by atoms with van der Waals surface area (Å²) in [5.74, 6) is -0.455. The third-order valence-corrected chi connectivity index (χ3v) is 2.99. The first kappa shape index (κ1) is 18.5. The summed E-state index contributed by atoms with van der Waals surface area (Å²) in [5.41, 5.74) is 0.822. The Morgan fingerprint density at radius 1 is 1.35 bits per heavy atom. The van der Waals surface area contributed by atoms with Crippen LogP contribution in [0.25, 0.3) is 0 Å². The highest BCUT2D eigenvalue weighted by Crippen LogP contribution is 2.11. The molecule has 0 saturated heterocycles. The zero-order valence-corrected chi connectivity index (χ0v) is 13.5. The van der Waals surface area contributed by atoms with Gasteiger partial charge in [-0.05, 0) is 37.6 Å². The predicted octanol–water partition coefficient (Wildman–Crippen LogP) is 2.43. The number of nitrogens with zero attached hydrogens (tertiary/aromatic N) is 1. The number of nitriles is 1. The first-order valence-corrected chi connectivity index (χ1v) is 7.64. The van der Waals surface area contributed by atoms with Gasteiger partial charge in [-0.2, -0.15) is 5.26 Å². The Morgan fingerprint density at radius 2 is 2.04 bits per heavy atom. The fourth-order valence-electron chi connectivity index (χ4n) is 1.59. The van der Waals surface area contributed by atoms with Gasteiger partial charge in [0.2, 0.25) is 0 Å². The molecule has 0 fully saturated rings. The Hall–Kier alpha value is -2.52. The quantitative estimate of drug-likeness (QED) is 0.250. The van der Waals surface area contributed by atoms with Crippen molar-refractivity contribution in [3.8, 4) is 6.07 Å². The molecule has 0 aliphatic heterocycles. The van der Waals surface area contributed by atoms with Gasteiger partial charge in [0, 0.05) is 24.3 Å². The standard InChI is InChI=1S/C16H18ClN3O3/c1-2-23-16(22)12-4-6-14(7-5-12)20-15(21)13(10-18)11-19-9-3-8-17/h4-7,11,19H,2-3,8-9H2,1H3,(H,20,21)/b13-11-. The lowest BCUT2D eigenvalue weighted by atomic mass is 10.2. The average molecular weight is 336 g/mol. The number of alkyl halides is 1. The number of benzene rings is 1. The van der Waals surface area contributed by atoms with Gasteiger partial charge in [-0.15, -0.1) is 11.6 Å². The highest BCUT2D eigenvalue weighted by molar-refractivity contribution is 6.17. The Balaban J connectivity index is 2.65. The van der Waals surface area contributed by atoms with E-state index in [0.29, 0.717) is 30.3 Å². The topological polar surface area (TPSA) is 91.2 Å². The monoisotopic (exact) mass is 335 g/mol. The molecule has 1 amide bonds. The van der Waals surface area contributed by atoms with Crippen LogP contribution < -0.4 is 10.6 Å². The molecular formula is C16H18ClN3O3. The van der Waals surface area contributed by atoms with Gasteiger partial charge in [0.1, 0.15) is 11.6 Å². The van der Waals surface area contributed by atoms with Gasteiger partial charge >= 0.3 is 5.97 Å². The van der Waals surface area contributed by atoms with E-state index in [4.69, 9.17) is 21.6 Å². The minimum absolute atomic E-state index is 0.0472. The molecule has 0 radical (unpaired) electrons. The van der Waals surface area contributed by atoms with Crippen LogP contribution in [0.2, 0.25) is 0 Å². The fourth-order valence-corrected chi connectivity index (χ4v) is 1.73. The highest BCUT2D eigenvalue weighted by Gasteiger charge is 2.10. The lowest BCUT2D eigenvalue weighted by Crippen LogP contribution is -2.17. The molecule has 0 bridgehead atoms. The average Bonchev–Trinajstić information content (AvgIpc) is 2.55. The van der Waals surface area contributed by atoms with Crippen molar-refractivity contribution in [1.29, 1.82) is 5.26 Å². The lowest BCUT2D eigenvalue weighted by Gasteiger charge is -2.06. The molecule has 0 aromatic heterocycles. The molecule has 0 saturated carbocycles. The summed E-state index contributed by atoms with van der Waals surface area (Å²) in [6, 6.07) is 8.05. The number of hydrogen-bond donors (Lipinski definition) is 2. The third kappa shape index (κ3) is 6.41. The van der Waals surface area contributed by atoms with Crippen LogP contribution in [-0.2, 0) is 9.53 Å². The molecule has 1 rings (SSSR count). The zero-order valence-electron chi connectivity index (χ0n) is 12.8.